The third-order valence-electron chi connectivity index (χ3n) is 2.32. The van der Waals surface area contributed by atoms with Gasteiger partial charge in [0.15, 0.2) is 0 Å². The molecule has 1 heterocycles. The summed E-state index contributed by atoms with van der Waals surface area (Å²) in [4.78, 5) is 11.8. The highest BCUT2D eigenvalue weighted by atomic mass is 32.1. The molecule has 3 nitrogen and oxygen atoms in total. The summed E-state index contributed by atoms with van der Waals surface area (Å²) < 4.78 is 0. The fourth-order valence-electron chi connectivity index (χ4n) is 1.44. The van der Waals surface area contributed by atoms with E-state index in [1.807, 2.05) is 35.7 Å². The zero-order chi connectivity index (χ0) is 12.1. The minimum atomic E-state index is -0.608. The molecule has 0 aliphatic heterocycles. The molecule has 84 valence electrons. The molecule has 0 saturated heterocycles. The van der Waals surface area contributed by atoms with E-state index in [2.05, 4.69) is 11.4 Å². The zero-order valence-corrected chi connectivity index (χ0v) is 9.78. The second kappa shape index (κ2) is 5.28. The summed E-state index contributed by atoms with van der Waals surface area (Å²) in [6, 6.07) is 12.4. The maximum atomic E-state index is 11.8. The summed E-state index contributed by atoms with van der Waals surface area (Å²) in [6.07, 6.45) is 0. The van der Waals surface area contributed by atoms with Crippen LogP contribution < -0.4 is 5.32 Å². The van der Waals surface area contributed by atoms with Crippen molar-refractivity contribution in [2.45, 2.75) is 6.04 Å². The number of amides is 1. The molecule has 2 rings (SSSR count). The first kappa shape index (κ1) is 11.4. The average molecular weight is 242 g/mol. The Kier molecular flexibility index (Phi) is 3.53. The summed E-state index contributed by atoms with van der Waals surface area (Å²) in [5, 5.41) is 15.3. The van der Waals surface area contributed by atoms with Crippen LogP contribution >= 0.6 is 11.3 Å². The maximum Gasteiger partial charge on any atom is 0.253 e. The SMILES string of the molecule is N#CC(NC(=O)c1ccsc1)c1ccccc1. The highest BCUT2D eigenvalue weighted by Gasteiger charge is 2.14. The standard InChI is InChI=1S/C13H10N2OS/c14-8-12(10-4-2-1-3-5-10)15-13(16)11-6-7-17-9-11/h1-7,9,12H,(H,15,16). The molecule has 1 atom stereocenters. The van der Waals surface area contributed by atoms with E-state index >= 15 is 0 Å². The summed E-state index contributed by atoms with van der Waals surface area (Å²) in [6.45, 7) is 0. The van der Waals surface area contributed by atoms with Crippen LogP contribution in [0, 0.1) is 11.3 Å². The molecule has 1 aromatic carbocycles. The predicted molar refractivity (Wildman–Crippen MR) is 66.6 cm³/mol. The van der Waals surface area contributed by atoms with Gasteiger partial charge in [0.25, 0.3) is 5.91 Å². The van der Waals surface area contributed by atoms with Crippen molar-refractivity contribution in [2.75, 3.05) is 0 Å². The molecule has 1 unspecified atom stereocenters. The Labute approximate surface area is 103 Å². The maximum absolute atomic E-state index is 11.8. The number of nitrogens with one attached hydrogen (secondary N) is 1. The Balaban J connectivity index is 2.12. The molecule has 0 bridgehead atoms. The van der Waals surface area contributed by atoms with Gasteiger partial charge in [0, 0.05) is 5.38 Å². The lowest BCUT2D eigenvalue weighted by atomic mass is 10.1. The lowest BCUT2D eigenvalue weighted by Crippen LogP contribution is -2.27. The number of thiophene rings is 1. The van der Waals surface area contributed by atoms with Crippen molar-refractivity contribution < 1.29 is 4.79 Å². The van der Waals surface area contributed by atoms with Crippen LogP contribution in [-0.2, 0) is 0 Å². The molecule has 1 amide bonds. The molecule has 0 spiro atoms. The van der Waals surface area contributed by atoms with Gasteiger partial charge in [-0.15, -0.1) is 0 Å². The highest BCUT2D eigenvalue weighted by Crippen LogP contribution is 2.13. The Hall–Kier alpha value is -2.12. The fourth-order valence-corrected chi connectivity index (χ4v) is 2.08. The number of nitriles is 1. The van der Waals surface area contributed by atoms with Gasteiger partial charge in [0.05, 0.1) is 11.6 Å². The second-order valence-corrected chi connectivity index (χ2v) is 4.24. The topological polar surface area (TPSA) is 52.9 Å². The summed E-state index contributed by atoms with van der Waals surface area (Å²) in [7, 11) is 0. The van der Waals surface area contributed by atoms with Crippen LogP contribution in [0.25, 0.3) is 0 Å². The Morgan fingerprint density at radius 3 is 2.65 bits per heavy atom. The molecule has 17 heavy (non-hydrogen) atoms. The first-order valence-electron chi connectivity index (χ1n) is 5.09. The molecule has 0 aliphatic rings. The largest absolute Gasteiger partial charge is 0.332 e. The number of hydrogen-bond donors (Lipinski definition) is 1. The van der Waals surface area contributed by atoms with Crippen LogP contribution in [0.3, 0.4) is 0 Å². The molecule has 4 heteroatoms. The van der Waals surface area contributed by atoms with E-state index in [9.17, 15) is 4.79 Å². The Morgan fingerprint density at radius 2 is 2.06 bits per heavy atom. The molecule has 0 aliphatic carbocycles. The Morgan fingerprint density at radius 1 is 1.29 bits per heavy atom. The van der Waals surface area contributed by atoms with Crippen molar-refractivity contribution in [1.82, 2.24) is 5.32 Å². The molecule has 0 radical (unpaired) electrons. The van der Waals surface area contributed by atoms with Gasteiger partial charge in [0.1, 0.15) is 6.04 Å². The van der Waals surface area contributed by atoms with Gasteiger partial charge in [-0.25, -0.2) is 0 Å². The van der Waals surface area contributed by atoms with Gasteiger partial charge in [-0.1, -0.05) is 30.3 Å². The minimum absolute atomic E-state index is 0.221. The van der Waals surface area contributed by atoms with Crippen LogP contribution in [0.2, 0.25) is 0 Å². The van der Waals surface area contributed by atoms with Gasteiger partial charge in [0.2, 0.25) is 0 Å². The van der Waals surface area contributed by atoms with E-state index in [0.717, 1.165) is 5.56 Å². The third kappa shape index (κ3) is 2.71. The lowest BCUT2D eigenvalue weighted by Gasteiger charge is -2.10. The van der Waals surface area contributed by atoms with E-state index in [-0.39, 0.29) is 5.91 Å². The average Bonchev–Trinajstić information content (AvgIpc) is 2.90. The predicted octanol–water partition coefficient (Wildman–Crippen LogP) is 2.74. The van der Waals surface area contributed by atoms with Crippen LogP contribution in [0.15, 0.2) is 47.2 Å². The van der Waals surface area contributed by atoms with Gasteiger partial charge in [-0.2, -0.15) is 16.6 Å². The number of benzene rings is 1. The molecule has 0 fully saturated rings. The van der Waals surface area contributed by atoms with E-state index in [4.69, 9.17) is 5.26 Å². The van der Waals surface area contributed by atoms with Gasteiger partial charge in [-0.3, -0.25) is 4.79 Å². The van der Waals surface area contributed by atoms with E-state index in [1.165, 1.54) is 11.3 Å². The minimum Gasteiger partial charge on any atom is -0.332 e. The van der Waals surface area contributed by atoms with Crippen molar-refractivity contribution in [2.24, 2.45) is 0 Å². The number of carbonyl (C=O) groups excluding carboxylic acids is 1. The summed E-state index contributed by atoms with van der Waals surface area (Å²) in [5.74, 6) is -0.221. The monoisotopic (exact) mass is 242 g/mol. The zero-order valence-electron chi connectivity index (χ0n) is 8.96. The number of hydrogen-bond acceptors (Lipinski definition) is 3. The van der Waals surface area contributed by atoms with Crippen LogP contribution in [0.4, 0.5) is 0 Å². The van der Waals surface area contributed by atoms with Crippen LogP contribution in [0.5, 0.6) is 0 Å². The smallest absolute Gasteiger partial charge is 0.253 e. The van der Waals surface area contributed by atoms with Gasteiger partial charge >= 0.3 is 0 Å². The second-order valence-electron chi connectivity index (χ2n) is 3.46. The van der Waals surface area contributed by atoms with Crippen LogP contribution in [0.1, 0.15) is 22.0 Å². The van der Waals surface area contributed by atoms with Gasteiger partial charge in [-0.05, 0) is 17.0 Å². The van der Waals surface area contributed by atoms with Gasteiger partial charge < -0.3 is 5.32 Å². The van der Waals surface area contributed by atoms with Crippen LogP contribution in [-0.4, -0.2) is 5.91 Å². The Bertz CT molecular complexity index is 528. The molecule has 1 N–H and O–H groups in total. The highest BCUT2D eigenvalue weighted by molar-refractivity contribution is 7.08. The summed E-state index contributed by atoms with van der Waals surface area (Å²) >= 11 is 1.45. The van der Waals surface area contributed by atoms with Crippen molar-refractivity contribution >= 4 is 17.2 Å². The number of carbonyl (C=O) groups is 1. The van der Waals surface area contributed by atoms with E-state index in [0.29, 0.717) is 5.56 Å². The molecular formula is C13H10N2OS. The van der Waals surface area contributed by atoms with Crippen molar-refractivity contribution in [3.8, 4) is 6.07 Å². The fraction of sp³-hybridized carbons (Fsp3) is 0.0769. The van der Waals surface area contributed by atoms with Crippen molar-refractivity contribution in [3.63, 3.8) is 0 Å². The van der Waals surface area contributed by atoms with Crippen molar-refractivity contribution in [1.29, 1.82) is 5.26 Å². The molecular weight excluding hydrogens is 232 g/mol. The molecule has 0 saturated carbocycles. The van der Waals surface area contributed by atoms with E-state index in [1.54, 1.807) is 11.4 Å². The number of rotatable bonds is 3. The quantitative estimate of drug-likeness (QED) is 0.899. The van der Waals surface area contributed by atoms with Crippen molar-refractivity contribution in [3.05, 3.63) is 58.3 Å². The third-order valence-corrected chi connectivity index (χ3v) is 3.00. The molecule has 2 aromatic rings. The number of nitrogens with zero attached hydrogens (tertiary/aromatic N) is 1. The van der Waals surface area contributed by atoms with E-state index < -0.39 is 6.04 Å². The first-order chi connectivity index (χ1) is 8.31. The summed E-state index contributed by atoms with van der Waals surface area (Å²) in [5.41, 5.74) is 1.38. The first-order valence-corrected chi connectivity index (χ1v) is 6.03. The normalized spacial score (nSPS) is 11.5. The molecule has 1 aromatic heterocycles. The lowest BCUT2D eigenvalue weighted by molar-refractivity contribution is 0.0945.